The van der Waals surface area contributed by atoms with Crippen LogP contribution in [0.25, 0.3) is 0 Å². The second kappa shape index (κ2) is 4.72. The molecule has 0 aromatic heterocycles. The van der Waals surface area contributed by atoms with E-state index in [1.165, 1.54) is 0 Å². The third-order valence-corrected chi connectivity index (χ3v) is 3.99. The Bertz CT molecular complexity index is 386. The monoisotopic (exact) mass is 254 g/mol. The van der Waals surface area contributed by atoms with E-state index in [4.69, 9.17) is 5.73 Å². The molecule has 1 aliphatic carbocycles. The lowest BCUT2D eigenvalue weighted by Gasteiger charge is -2.39. The van der Waals surface area contributed by atoms with Crippen LogP contribution in [0.1, 0.15) is 34.1 Å². The summed E-state index contributed by atoms with van der Waals surface area (Å²) >= 11 is 0. The molecule has 0 heterocycles. The number of nitrogens with two attached hydrogens (primary N) is 1. The first-order valence-corrected chi connectivity index (χ1v) is 6.07. The molecule has 2 atom stereocenters. The molecule has 4 N–H and O–H groups in total. The zero-order chi connectivity index (χ0) is 14.1. The summed E-state index contributed by atoms with van der Waals surface area (Å²) in [6.07, 6.45) is 4.17. The van der Waals surface area contributed by atoms with Crippen LogP contribution in [-0.4, -0.2) is 28.6 Å². The summed E-state index contributed by atoms with van der Waals surface area (Å²) in [5.41, 5.74) is 3.81. The quantitative estimate of drug-likeness (QED) is 0.650. The van der Waals surface area contributed by atoms with Crippen LogP contribution in [0, 0.1) is 11.3 Å². The standard InChI is InChI=1S/C13H22N2O3/c1-12(2,11(17)18)13(3,4)15-10(16)8-5-6-9(14)7-8/h5-6,8-9H,7,14H2,1-4H3,(H,15,16)(H,17,18). The molecule has 5 nitrogen and oxygen atoms in total. The van der Waals surface area contributed by atoms with Gasteiger partial charge in [-0.05, 0) is 34.1 Å². The van der Waals surface area contributed by atoms with Crippen LogP contribution in [0.4, 0.5) is 0 Å². The smallest absolute Gasteiger partial charge is 0.311 e. The van der Waals surface area contributed by atoms with Gasteiger partial charge in [0.1, 0.15) is 0 Å². The summed E-state index contributed by atoms with van der Waals surface area (Å²) in [5, 5.41) is 12.0. The molecule has 0 bridgehead atoms. The van der Waals surface area contributed by atoms with E-state index in [0.717, 1.165) is 0 Å². The molecular formula is C13H22N2O3. The van der Waals surface area contributed by atoms with Crippen LogP contribution in [0.5, 0.6) is 0 Å². The fourth-order valence-electron chi connectivity index (χ4n) is 1.75. The fourth-order valence-corrected chi connectivity index (χ4v) is 1.75. The van der Waals surface area contributed by atoms with E-state index >= 15 is 0 Å². The van der Waals surface area contributed by atoms with Crippen molar-refractivity contribution < 1.29 is 14.7 Å². The van der Waals surface area contributed by atoms with Crippen LogP contribution in [0.2, 0.25) is 0 Å². The van der Waals surface area contributed by atoms with Crippen molar-refractivity contribution in [1.29, 1.82) is 0 Å². The molecule has 2 unspecified atom stereocenters. The second-order valence-electron chi connectivity index (χ2n) is 5.94. The number of carboxylic acids is 1. The van der Waals surface area contributed by atoms with Crippen LogP contribution in [-0.2, 0) is 9.59 Å². The first kappa shape index (κ1) is 14.7. The fraction of sp³-hybridized carbons (Fsp3) is 0.692. The number of carbonyl (C=O) groups excluding carboxylic acids is 1. The number of nitrogens with one attached hydrogen (secondary N) is 1. The number of amides is 1. The Labute approximate surface area is 107 Å². The Morgan fingerprint density at radius 1 is 1.28 bits per heavy atom. The average molecular weight is 254 g/mol. The van der Waals surface area contributed by atoms with Gasteiger partial charge in [-0.25, -0.2) is 0 Å². The maximum atomic E-state index is 12.1. The number of hydrogen-bond acceptors (Lipinski definition) is 3. The van der Waals surface area contributed by atoms with E-state index in [1.54, 1.807) is 39.8 Å². The van der Waals surface area contributed by atoms with E-state index in [0.29, 0.717) is 6.42 Å². The minimum atomic E-state index is -1.05. The Morgan fingerprint density at radius 3 is 2.22 bits per heavy atom. The van der Waals surface area contributed by atoms with E-state index in [9.17, 15) is 14.7 Å². The molecule has 0 saturated heterocycles. The number of rotatable bonds is 4. The molecule has 102 valence electrons. The molecule has 1 amide bonds. The van der Waals surface area contributed by atoms with Gasteiger partial charge in [-0.3, -0.25) is 9.59 Å². The molecule has 0 saturated carbocycles. The van der Waals surface area contributed by atoms with Crippen molar-refractivity contribution in [3.63, 3.8) is 0 Å². The van der Waals surface area contributed by atoms with Gasteiger partial charge in [-0.2, -0.15) is 0 Å². The number of carbonyl (C=O) groups is 2. The van der Waals surface area contributed by atoms with Gasteiger partial charge in [0.25, 0.3) is 0 Å². The van der Waals surface area contributed by atoms with Gasteiger partial charge in [0, 0.05) is 11.6 Å². The maximum absolute atomic E-state index is 12.1. The SMILES string of the molecule is CC(C)(NC(=O)C1C=CC(N)C1)C(C)(C)C(=O)O. The number of hydrogen-bond donors (Lipinski definition) is 3. The van der Waals surface area contributed by atoms with Gasteiger partial charge in [-0.1, -0.05) is 12.2 Å². The molecule has 18 heavy (non-hydrogen) atoms. The maximum Gasteiger partial charge on any atom is 0.311 e. The van der Waals surface area contributed by atoms with Crippen LogP contribution < -0.4 is 11.1 Å². The van der Waals surface area contributed by atoms with E-state index in [1.807, 2.05) is 0 Å². The Balaban J connectivity index is 2.75. The predicted octanol–water partition coefficient (Wildman–Crippen LogP) is 0.895. The molecule has 0 spiro atoms. The van der Waals surface area contributed by atoms with Crippen molar-refractivity contribution in [3.05, 3.63) is 12.2 Å². The Hall–Kier alpha value is -1.36. The summed E-state index contributed by atoms with van der Waals surface area (Å²) in [5.74, 6) is -1.37. The number of carboxylic acid groups (broad SMARTS) is 1. The summed E-state index contributed by atoms with van der Waals surface area (Å²) in [7, 11) is 0. The molecule has 0 fully saturated rings. The zero-order valence-corrected chi connectivity index (χ0v) is 11.4. The van der Waals surface area contributed by atoms with Crippen LogP contribution >= 0.6 is 0 Å². The molecule has 1 aliphatic rings. The average Bonchev–Trinajstić information content (AvgIpc) is 2.63. The lowest BCUT2D eigenvalue weighted by atomic mass is 9.74. The first-order chi connectivity index (χ1) is 8.08. The molecule has 0 aromatic rings. The van der Waals surface area contributed by atoms with Crippen molar-refractivity contribution in [2.75, 3.05) is 0 Å². The highest BCUT2D eigenvalue weighted by Gasteiger charge is 2.45. The molecular weight excluding hydrogens is 232 g/mol. The van der Waals surface area contributed by atoms with Gasteiger partial charge < -0.3 is 16.2 Å². The third-order valence-electron chi connectivity index (χ3n) is 3.99. The van der Waals surface area contributed by atoms with Crippen LogP contribution in [0.3, 0.4) is 0 Å². The van der Waals surface area contributed by atoms with E-state index < -0.39 is 16.9 Å². The highest BCUT2D eigenvalue weighted by Crippen LogP contribution is 2.31. The van der Waals surface area contributed by atoms with E-state index in [-0.39, 0.29) is 17.9 Å². The van der Waals surface area contributed by atoms with Crippen molar-refractivity contribution >= 4 is 11.9 Å². The largest absolute Gasteiger partial charge is 0.481 e. The predicted molar refractivity (Wildman–Crippen MR) is 68.9 cm³/mol. The zero-order valence-electron chi connectivity index (χ0n) is 11.4. The number of aliphatic carboxylic acids is 1. The molecule has 1 rings (SSSR count). The highest BCUT2D eigenvalue weighted by molar-refractivity contribution is 5.83. The van der Waals surface area contributed by atoms with E-state index in [2.05, 4.69) is 5.32 Å². The van der Waals surface area contributed by atoms with Crippen molar-refractivity contribution in [2.45, 2.75) is 45.7 Å². The summed E-state index contributed by atoms with van der Waals surface area (Å²) in [6, 6.07) is -0.0867. The van der Waals surface area contributed by atoms with Gasteiger partial charge in [0.05, 0.1) is 11.3 Å². The minimum absolute atomic E-state index is 0.0867. The molecule has 0 aliphatic heterocycles. The second-order valence-corrected chi connectivity index (χ2v) is 5.94. The van der Waals surface area contributed by atoms with Gasteiger partial charge in [0.2, 0.25) is 5.91 Å². The van der Waals surface area contributed by atoms with Crippen LogP contribution in [0.15, 0.2) is 12.2 Å². The highest BCUT2D eigenvalue weighted by atomic mass is 16.4. The lowest BCUT2D eigenvalue weighted by Crippen LogP contribution is -2.58. The van der Waals surface area contributed by atoms with Gasteiger partial charge in [-0.15, -0.1) is 0 Å². The van der Waals surface area contributed by atoms with Crippen molar-refractivity contribution in [1.82, 2.24) is 5.32 Å². The van der Waals surface area contributed by atoms with Crippen molar-refractivity contribution in [2.24, 2.45) is 17.1 Å². The third kappa shape index (κ3) is 2.72. The lowest BCUT2D eigenvalue weighted by molar-refractivity contribution is -0.152. The summed E-state index contributed by atoms with van der Waals surface area (Å²) in [6.45, 7) is 6.65. The Kier molecular flexibility index (Phi) is 3.86. The molecule has 5 heteroatoms. The van der Waals surface area contributed by atoms with Crippen molar-refractivity contribution in [3.8, 4) is 0 Å². The normalized spacial score (nSPS) is 24.1. The summed E-state index contributed by atoms with van der Waals surface area (Å²) in [4.78, 5) is 23.3. The Morgan fingerprint density at radius 2 is 1.83 bits per heavy atom. The summed E-state index contributed by atoms with van der Waals surface area (Å²) < 4.78 is 0. The molecule has 0 radical (unpaired) electrons. The molecule has 0 aromatic carbocycles. The van der Waals surface area contributed by atoms with Gasteiger partial charge in [0.15, 0.2) is 0 Å². The minimum Gasteiger partial charge on any atom is -0.481 e. The topological polar surface area (TPSA) is 92.4 Å². The first-order valence-electron chi connectivity index (χ1n) is 6.07. The van der Waals surface area contributed by atoms with Gasteiger partial charge >= 0.3 is 5.97 Å².